The number of hydrazone groups is 1. The smallest absolute Gasteiger partial charge is 0.307 e. The number of hydrogen-bond acceptors (Lipinski definition) is 6. The Hall–Kier alpha value is -3.97. The summed E-state index contributed by atoms with van der Waals surface area (Å²) in [6.07, 6.45) is 1.51. The van der Waals surface area contributed by atoms with Gasteiger partial charge in [0.2, 0.25) is 0 Å². The van der Waals surface area contributed by atoms with Crippen molar-refractivity contribution in [2.75, 3.05) is 13.7 Å². The molecule has 0 aliphatic heterocycles. The Bertz CT molecular complexity index is 1330. The van der Waals surface area contributed by atoms with Gasteiger partial charge in [-0.1, -0.05) is 29.8 Å². The fraction of sp³-hybridized carbons (Fsp3) is 0.154. The Morgan fingerprint density at radius 1 is 1.06 bits per heavy atom. The minimum absolute atomic E-state index is 0.154. The molecule has 174 valence electrons. The number of hydrogen-bond donors (Lipinski definition) is 1. The van der Waals surface area contributed by atoms with Gasteiger partial charge in [0.1, 0.15) is 17.9 Å². The maximum atomic E-state index is 12.4. The molecular formula is C26H23ClN2O5. The summed E-state index contributed by atoms with van der Waals surface area (Å²) in [5, 5.41) is 5.44. The van der Waals surface area contributed by atoms with E-state index in [4.69, 9.17) is 30.2 Å². The van der Waals surface area contributed by atoms with Crippen LogP contribution in [0, 0.1) is 0 Å². The van der Waals surface area contributed by atoms with Crippen molar-refractivity contribution in [1.29, 1.82) is 0 Å². The van der Waals surface area contributed by atoms with E-state index >= 15 is 0 Å². The molecule has 0 aliphatic carbocycles. The molecule has 1 amide bonds. The number of methoxy groups -OCH3 is 1. The Balaban J connectivity index is 1.39. The molecule has 4 rings (SSSR count). The number of rotatable bonds is 9. The number of ether oxygens (including phenoxy) is 3. The minimum Gasteiger partial charge on any atom is -0.494 e. The van der Waals surface area contributed by atoms with Crippen molar-refractivity contribution in [3.63, 3.8) is 0 Å². The number of halogens is 1. The quantitative estimate of drug-likeness (QED) is 0.241. The normalized spacial score (nSPS) is 11.0. The van der Waals surface area contributed by atoms with Crippen LogP contribution in [-0.2, 0) is 6.61 Å². The average Bonchev–Trinajstić information content (AvgIpc) is 3.28. The Morgan fingerprint density at radius 2 is 1.91 bits per heavy atom. The van der Waals surface area contributed by atoms with Crippen LogP contribution in [0.4, 0.5) is 0 Å². The zero-order chi connectivity index (χ0) is 23.9. The van der Waals surface area contributed by atoms with Crippen molar-refractivity contribution in [1.82, 2.24) is 5.43 Å². The molecule has 0 bridgehead atoms. The Labute approximate surface area is 201 Å². The highest BCUT2D eigenvalue weighted by molar-refractivity contribution is 6.31. The first-order valence-corrected chi connectivity index (χ1v) is 11.0. The molecule has 7 nitrogen and oxygen atoms in total. The minimum atomic E-state index is -0.461. The number of furan rings is 1. The average molecular weight is 479 g/mol. The summed E-state index contributed by atoms with van der Waals surface area (Å²) in [5.41, 5.74) is 4.65. The summed E-state index contributed by atoms with van der Waals surface area (Å²) in [6, 6.07) is 19.9. The van der Waals surface area contributed by atoms with Crippen molar-refractivity contribution < 1.29 is 23.4 Å². The van der Waals surface area contributed by atoms with Crippen molar-refractivity contribution in [3.05, 3.63) is 88.6 Å². The molecule has 8 heteroatoms. The van der Waals surface area contributed by atoms with Gasteiger partial charge in [0.05, 0.1) is 19.9 Å². The van der Waals surface area contributed by atoms with Crippen LogP contribution in [0.5, 0.6) is 17.2 Å². The van der Waals surface area contributed by atoms with Crippen LogP contribution in [0.25, 0.3) is 11.0 Å². The van der Waals surface area contributed by atoms with Gasteiger partial charge < -0.3 is 18.6 Å². The van der Waals surface area contributed by atoms with Crippen LogP contribution < -0.4 is 19.6 Å². The molecule has 0 saturated carbocycles. The Morgan fingerprint density at radius 3 is 2.71 bits per heavy atom. The van der Waals surface area contributed by atoms with Gasteiger partial charge in [0.15, 0.2) is 17.3 Å². The molecule has 1 aromatic heterocycles. The highest BCUT2D eigenvalue weighted by atomic mass is 35.5. The molecule has 0 aliphatic rings. The second-order valence-corrected chi connectivity index (χ2v) is 7.64. The number of fused-ring (bicyclic) bond motifs is 1. The third-order valence-corrected chi connectivity index (χ3v) is 5.30. The molecule has 34 heavy (non-hydrogen) atoms. The first-order chi connectivity index (χ1) is 16.6. The number of carbonyl (C=O) groups excluding carboxylic acids is 1. The first kappa shape index (κ1) is 23.2. The summed E-state index contributed by atoms with van der Waals surface area (Å²) < 4.78 is 22.4. The molecule has 4 aromatic rings. The molecule has 1 N–H and O–H groups in total. The van der Waals surface area contributed by atoms with Crippen molar-refractivity contribution in [2.24, 2.45) is 5.10 Å². The molecule has 1 heterocycles. The van der Waals surface area contributed by atoms with Gasteiger partial charge in [-0.3, -0.25) is 4.79 Å². The third-order valence-electron chi connectivity index (χ3n) is 4.93. The van der Waals surface area contributed by atoms with E-state index in [1.807, 2.05) is 37.3 Å². The lowest BCUT2D eigenvalue weighted by atomic mass is 10.2. The number of carbonyl (C=O) groups is 1. The molecule has 0 saturated heterocycles. The SMILES string of the molecule is CCOc1ccc2oc(C(=O)N/N=C/c3ccc(OCc4ccccc4Cl)c(OC)c3)cc2c1. The largest absolute Gasteiger partial charge is 0.494 e. The van der Waals surface area contributed by atoms with E-state index in [1.165, 1.54) is 6.21 Å². The standard InChI is InChI=1S/C26H23ClN2O5/c1-3-32-20-9-11-22-19(13-20)14-25(34-22)26(30)29-28-15-17-8-10-23(24(12-17)31-2)33-16-18-6-4-5-7-21(18)27/h4-15H,3,16H2,1-2H3,(H,29,30)/b28-15+. The fourth-order valence-corrected chi connectivity index (χ4v) is 3.46. The summed E-state index contributed by atoms with van der Waals surface area (Å²) in [7, 11) is 1.55. The van der Waals surface area contributed by atoms with E-state index in [0.717, 1.165) is 10.9 Å². The van der Waals surface area contributed by atoms with Gasteiger partial charge in [-0.05, 0) is 61.0 Å². The highest BCUT2D eigenvalue weighted by Crippen LogP contribution is 2.29. The summed E-state index contributed by atoms with van der Waals surface area (Å²) in [5.74, 6) is 1.51. The van der Waals surface area contributed by atoms with Gasteiger partial charge in [0.25, 0.3) is 0 Å². The van der Waals surface area contributed by atoms with E-state index in [1.54, 1.807) is 43.5 Å². The van der Waals surface area contributed by atoms with E-state index in [9.17, 15) is 4.79 Å². The summed E-state index contributed by atoms with van der Waals surface area (Å²) >= 11 is 6.18. The van der Waals surface area contributed by atoms with Crippen molar-refractivity contribution in [2.45, 2.75) is 13.5 Å². The molecule has 0 unspecified atom stereocenters. The third kappa shape index (κ3) is 5.50. The monoisotopic (exact) mass is 478 g/mol. The zero-order valence-electron chi connectivity index (χ0n) is 18.7. The predicted octanol–water partition coefficient (Wildman–Crippen LogP) is 5.84. The van der Waals surface area contributed by atoms with E-state index in [-0.39, 0.29) is 5.76 Å². The number of nitrogens with zero attached hydrogens (tertiary/aromatic N) is 1. The molecule has 0 fully saturated rings. The molecular weight excluding hydrogens is 456 g/mol. The van der Waals surface area contributed by atoms with Crippen LogP contribution in [-0.4, -0.2) is 25.8 Å². The predicted molar refractivity (Wildman–Crippen MR) is 131 cm³/mol. The lowest BCUT2D eigenvalue weighted by molar-refractivity contribution is 0.0929. The number of amides is 1. The van der Waals surface area contributed by atoms with Gasteiger partial charge in [0, 0.05) is 16.0 Å². The van der Waals surface area contributed by atoms with Crippen molar-refractivity contribution in [3.8, 4) is 17.2 Å². The van der Waals surface area contributed by atoms with Gasteiger partial charge in [-0.2, -0.15) is 5.10 Å². The fourth-order valence-electron chi connectivity index (χ4n) is 3.27. The van der Waals surface area contributed by atoms with Gasteiger partial charge in [-0.25, -0.2) is 5.43 Å². The lowest BCUT2D eigenvalue weighted by Gasteiger charge is -2.12. The molecule has 0 spiro atoms. The van der Waals surface area contributed by atoms with Crippen LogP contribution in [0.15, 0.2) is 76.2 Å². The molecule has 3 aromatic carbocycles. The maximum absolute atomic E-state index is 12.4. The maximum Gasteiger partial charge on any atom is 0.307 e. The van der Waals surface area contributed by atoms with Crippen molar-refractivity contribution >= 4 is 34.7 Å². The summed E-state index contributed by atoms with van der Waals surface area (Å²) in [6.45, 7) is 2.78. The Kier molecular flexibility index (Phi) is 7.34. The first-order valence-electron chi connectivity index (χ1n) is 10.6. The van der Waals surface area contributed by atoms with E-state index in [0.29, 0.717) is 46.6 Å². The van der Waals surface area contributed by atoms with E-state index < -0.39 is 5.91 Å². The van der Waals surface area contributed by atoms with Gasteiger partial charge >= 0.3 is 5.91 Å². The summed E-state index contributed by atoms with van der Waals surface area (Å²) in [4.78, 5) is 12.4. The molecule has 0 radical (unpaired) electrons. The highest BCUT2D eigenvalue weighted by Gasteiger charge is 2.12. The zero-order valence-corrected chi connectivity index (χ0v) is 19.5. The number of nitrogens with one attached hydrogen (secondary N) is 1. The van der Waals surface area contributed by atoms with E-state index in [2.05, 4.69) is 10.5 Å². The van der Waals surface area contributed by atoms with Crippen LogP contribution in [0.1, 0.15) is 28.6 Å². The van der Waals surface area contributed by atoms with Crippen LogP contribution in [0.2, 0.25) is 5.02 Å². The lowest BCUT2D eigenvalue weighted by Crippen LogP contribution is -2.16. The molecule has 0 atom stereocenters. The van der Waals surface area contributed by atoms with Crippen LogP contribution in [0.3, 0.4) is 0 Å². The second-order valence-electron chi connectivity index (χ2n) is 7.23. The van der Waals surface area contributed by atoms with Crippen LogP contribution >= 0.6 is 11.6 Å². The van der Waals surface area contributed by atoms with Gasteiger partial charge in [-0.15, -0.1) is 0 Å². The topological polar surface area (TPSA) is 82.3 Å². The number of benzene rings is 3. The second kappa shape index (κ2) is 10.8.